The van der Waals surface area contributed by atoms with Crippen molar-refractivity contribution in [2.75, 3.05) is 18.5 Å². The number of nitriles is 1. The summed E-state index contributed by atoms with van der Waals surface area (Å²) in [6.07, 6.45) is 0.972. The summed E-state index contributed by atoms with van der Waals surface area (Å²) in [4.78, 5) is 28.1. The summed E-state index contributed by atoms with van der Waals surface area (Å²) in [7, 11) is 0. The highest BCUT2D eigenvalue weighted by atomic mass is 16.5. The van der Waals surface area contributed by atoms with Gasteiger partial charge in [-0.05, 0) is 24.6 Å². The van der Waals surface area contributed by atoms with Gasteiger partial charge in [0.25, 0.3) is 5.91 Å². The Morgan fingerprint density at radius 2 is 2.04 bits per heavy atom. The zero-order valence-corrected chi connectivity index (χ0v) is 14.8. The van der Waals surface area contributed by atoms with Gasteiger partial charge in [-0.15, -0.1) is 0 Å². The van der Waals surface area contributed by atoms with Crippen molar-refractivity contribution in [1.29, 1.82) is 5.26 Å². The Balaban J connectivity index is 1.82. The first-order valence-corrected chi connectivity index (χ1v) is 8.88. The van der Waals surface area contributed by atoms with Gasteiger partial charge in [0.1, 0.15) is 11.6 Å². The summed E-state index contributed by atoms with van der Waals surface area (Å²) in [5.74, 6) is -0.554. The second-order valence-corrected chi connectivity index (χ2v) is 6.34. The van der Waals surface area contributed by atoms with Crippen molar-refractivity contribution >= 4 is 33.9 Å². The van der Waals surface area contributed by atoms with Crippen molar-refractivity contribution in [2.24, 2.45) is 4.99 Å². The van der Waals surface area contributed by atoms with Gasteiger partial charge in [-0.3, -0.25) is 14.6 Å². The largest absolute Gasteiger partial charge is 0.466 e. The van der Waals surface area contributed by atoms with E-state index in [0.717, 1.165) is 26.6 Å². The van der Waals surface area contributed by atoms with Crippen LogP contribution in [0.4, 0.5) is 5.69 Å². The Morgan fingerprint density at radius 3 is 2.81 bits per heavy atom. The molecular weight excluding hydrogens is 342 g/mol. The third kappa shape index (κ3) is 2.68. The van der Waals surface area contributed by atoms with E-state index in [0.29, 0.717) is 36.9 Å². The zero-order valence-electron chi connectivity index (χ0n) is 14.8. The molecule has 134 valence electrons. The lowest BCUT2D eigenvalue weighted by Gasteiger charge is -2.01. The van der Waals surface area contributed by atoms with Crippen LogP contribution in [-0.2, 0) is 14.3 Å². The van der Waals surface area contributed by atoms with E-state index in [1.165, 1.54) is 0 Å². The summed E-state index contributed by atoms with van der Waals surface area (Å²) in [5, 5.41) is 17.5. The first kappa shape index (κ1) is 17.0. The fourth-order valence-electron chi connectivity index (χ4n) is 3.66. The molecule has 0 saturated carbocycles. The minimum absolute atomic E-state index is 0.154. The third-order valence-electron chi connectivity index (χ3n) is 4.76. The fourth-order valence-corrected chi connectivity index (χ4v) is 3.66. The highest BCUT2D eigenvalue weighted by molar-refractivity contribution is 6.30. The Bertz CT molecular complexity index is 1290. The molecule has 1 amide bonds. The normalized spacial score (nSPS) is 13.9. The molecule has 1 aliphatic heterocycles. The molecule has 0 saturated heterocycles. The molecule has 0 unspecified atom stereocenters. The molecule has 0 radical (unpaired) electrons. The van der Waals surface area contributed by atoms with E-state index in [-0.39, 0.29) is 17.4 Å². The molecule has 6 nitrogen and oxygen atoms in total. The first-order chi connectivity index (χ1) is 13.2. The average molecular weight is 359 g/mol. The molecule has 0 fully saturated rings. The number of ether oxygens (including phenoxy) is 1. The monoisotopic (exact) mass is 359 g/mol. The number of anilines is 1. The van der Waals surface area contributed by atoms with E-state index < -0.39 is 0 Å². The van der Waals surface area contributed by atoms with Crippen LogP contribution in [0.2, 0.25) is 0 Å². The van der Waals surface area contributed by atoms with Gasteiger partial charge in [0.05, 0.1) is 17.7 Å². The van der Waals surface area contributed by atoms with Crippen LogP contribution < -0.4 is 15.9 Å². The minimum atomic E-state index is -0.349. The van der Waals surface area contributed by atoms with Crippen molar-refractivity contribution in [1.82, 2.24) is 0 Å². The average Bonchev–Trinajstić information content (AvgIpc) is 3.15. The number of hydrogen-bond donors (Lipinski definition) is 1. The molecule has 0 atom stereocenters. The van der Waals surface area contributed by atoms with Gasteiger partial charge in [-0.25, -0.2) is 0 Å². The van der Waals surface area contributed by atoms with Crippen LogP contribution in [0.5, 0.6) is 0 Å². The van der Waals surface area contributed by atoms with Crippen molar-refractivity contribution < 1.29 is 14.3 Å². The number of benzene rings is 1. The van der Waals surface area contributed by atoms with Gasteiger partial charge in [0.15, 0.2) is 0 Å². The van der Waals surface area contributed by atoms with Gasteiger partial charge < -0.3 is 10.1 Å². The molecule has 4 rings (SSSR count). The van der Waals surface area contributed by atoms with Crippen LogP contribution in [0.15, 0.2) is 35.3 Å². The molecular formula is C21H17N3O3. The minimum Gasteiger partial charge on any atom is -0.466 e. The van der Waals surface area contributed by atoms with Crippen LogP contribution in [0, 0.1) is 21.8 Å². The molecule has 3 aliphatic rings. The lowest BCUT2D eigenvalue weighted by atomic mass is 10.1. The highest BCUT2D eigenvalue weighted by Gasteiger charge is 2.25. The van der Waals surface area contributed by atoms with Gasteiger partial charge >= 0.3 is 5.97 Å². The van der Waals surface area contributed by atoms with Gasteiger partial charge in [0, 0.05) is 34.2 Å². The number of hydrogen-bond acceptors (Lipinski definition) is 5. The predicted octanol–water partition coefficient (Wildman–Crippen LogP) is 1.59. The second-order valence-electron chi connectivity index (χ2n) is 6.34. The van der Waals surface area contributed by atoms with E-state index in [4.69, 9.17) is 4.74 Å². The maximum Gasteiger partial charge on any atom is 0.305 e. The number of carbonyl (C=O) groups is 2. The van der Waals surface area contributed by atoms with Crippen molar-refractivity contribution in [3.63, 3.8) is 0 Å². The van der Waals surface area contributed by atoms with E-state index in [2.05, 4.69) is 10.3 Å². The van der Waals surface area contributed by atoms with Crippen LogP contribution >= 0.6 is 0 Å². The van der Waals surface area contributed by atoms with E-state index in [9.17, 15) is 14.9 Å². The Kier molecular flexibility index (Phi) is 4.21. The summed E-state index contributed by atoms with van der Waals surface area (Å²) < 4.78 is 4.93. The molecule has 1 N–H and O–H groups in total. The van der Waals surface area contributed by atoms with Crippen molar-refractivity contribution in [3.8, 4) is 6.07 Å². The quantitative estimate of drug-likeness (QED) is 0.553. The van der Waals surface area contributed by atoms with Crippen LogP contribution in [0.1, 0.15) is 19.8 Å². The standard InChI is InChI=1S/C21H17N3O3/c1-2-27-17(25)7-4-10-23-16-9-8-13-18-12(16)5-3-6-14(18)20-19(13)15(11-22)21(26)24-20/h3,5-6,8-9H,2,4,7,10H2,1H3,(H,24,26). The maximum absolute atomic E-state index is 12.0. The van der Waals surface area contributed by atoms with Gasteiger partial charge in [0.2, 0.25) is 0 Å². The molecule has 1 aromatic rings. The van der Waals surface area contributed by atoms with E-state index >= 15 is 0 Å². The molecule has 27 heavy (non-hydrogen) atoms. The maximum atomic E-state index is 12.0. The number of fused-ring (bicyclic) bond motifs is 3. The predicted molar refractivity (Wildman–Crippen MR) is 99.6 cm³/mol. The van der Waals surface area contributed by atoms with Crippen LogP contribution in [-0.4, -0.2) is 25.0 Å². The highest BCUT2D eigenvalue weighted by Crippen LogP contribution is 2.25. The third-order valence-corrected chi connectivity index (χ3v) is 4.76. The zero-order chi connectivity index (χ0) is 19.0. The Labute approximate surface area is 154 Å². The molecule has 1 aromatic carbocycles. The van der Waals surface area contributed by atoms with Gasteiger partial charge in [-0.1, -0.05) is 24.3 Å². The molecule has 0 spiro atoms. The molecule has 2 aliphatic carbocycles. The summed E-state index contributed by atoms with van der Waals surface area (Å²) >= 11 is 0. The molecule has 0 aromatic heterocycles. The van der Waals surface area contributed by atoms with E-state index in [1.54, 1.807) is 6.92 Å². The number of rotatable bonds is 5. The Hall–Kier alpha value is -3.46. The molecule has 0 bridgehead atoms. The smallest absolute Gasteiger partial charge is 0.305 e. The number of nitrogens with one attached hydrogen (secondary N) is 1. The summed E-state index contributed by atoms with van der Waals surface area (Å²) in [6.45, 7) is 2.70. The van der Waals surface area contributed by atoms with Crippen LogP contribution in [0.25, 0.3) is 16.3 Å². The number of carbonyl (C=O) groups excluding carboxylic acids is 2. The lowest BCUT2D eigenvalue weighted by molar-refractivity contribution is -0.143. The SMILES string of the molecule is CCOC(=O)CCCN=c1ccc2c3c(c4cccc1c4=2)NC(=O)C=3C#N. The summed E-state index contributed by atoms with van der Waals surface area (Å²) in [5.41, 5.74) is 0.859. The van der Waals surface area contributed by atoms with Crippen molar-refractivity contribution in [2.45, 2.75) is 19.8 Å². The van der Waals surface area contributed by atoms with Crippen molar-refractivity contribution in [3.05, 3.63) is 51.3 Å². The lowest BCUT2D eigenvalue weighted by Crippen LogP contribution is -2.10. The fraction of sp³-hybridized carbons (Fsp3) is 0.238. The van der Waals surface area contributed by atoms with Gasteiger partial charge in [-0.2, -0.15) is 5.26 Å². The number of esters is 1. The Morgan fingerprint density at radius 1 is 1.22 bits per heavy atom. The molecule has 6 heteroatoms. The molecule has 1 heterocycles. The second kappa shape index (κ2) is 6.69. The van der Waals surface area contributed by atoms with E-state index in [1.807, 2.05) is 36.4 Å². The van der Waals surface area contributed by atoms with Crippen LogP contribution in [0.3, 0.4) is 0 Å². The topological polar surface area (TPSA) is 91.5 Å². The first-order valence-electron chi connectivity index (χ1n) is 8.88. The summed E-state index contributed by atoms with van der Waals surface area (Å²) in [6, 6.07) is 11.7. The number of amides is 1. The number of nitrogens with zero attached hydrogens (tertiary/aromatic N) is 2.